The van der Waals surface area contributed by atoms with Crippen LogP contribution in [0, 0.1) is 6.92 Å². The molecule has 2 rings (SSSR count). The van der Waals surface area contributed by atoms with Crippen molar-refractivity contribution in [3.8, 4) is 5.69 Å². The zero-order valence-electron chi connectivity index (χ0n) is 11.2. The summed E-state index contributed by atoms with van der Waals surface area (Å²) in [6, 6.07) is 8.43. The van der Waals surface area contributed by atoms with Crippen molar-refractivity contribution >= 4 is 0 Å². The molecule has 0 spiro atoms. The van der Waals surface area contributed by atoms with E-state index in [0.29, 0.717) is 0 Å². The molecule has 0 unspecified atom stereocenters. The molecule has 1 N–H and O–H groups in total. The first-order chi connectivity index (χ1) is 8.79. The largest absolute Gasteiger partial charge is 0.317 e. The minimum atomic E-state index is 1.04. The normalized spacial score (nSPS) is 10.8. The second kappa shape index (κ2) is 6.36. The lowest BCUT2D eigenvalue weighted by molar-refractivity contribution is 0.672. The van der Waals surface area contributed by atoms with E-state index in [0.717, 1.165) is 31.6 Å². The molecule has 18 heavy (non-hydrogen) atoms. The van der Waals surface area contributed by atoms with Crippen LogP contribution in [0.25, 0.3) is 5.69 Å². The van der Waals surface area contributed by atoms with Crippen molar-refractivity contribution in [2.24, 2.45) is 0 Å². The van der Waals surface area contributed by atoms with Gasteiger partial charge in [-0.3, -0.25) is 0 Å². The van der Waals surface area contributed by atoms with Crippen molar-refractivity contribution in [2.75, 3.05) is 13.1 Å². The summed E-state index contributed by atoms with van der Waals surface area (Å²) in [6.45, 7) is 6.35. The van der Waals surface area contributed by atoms with Crippen molar-refractivity contribution in [3.63, 3.8) is 0 Å². The highest BCUT2D eigenvalue weighted by atomic mass is 15.3. The Hall–Kier alpha value is -1.61. The van der Waals surface area contributed by atoms with Crippen molar-refractivity contribution in [2.45, 2.75) is 26.7 Å². The molecule has 0 saturated heterocycles. The van der Waals surface area contributed by atoms with Crippen LogP contribution in [0.15, 0.2) is 36.7 Å². The molecule has 0 saturated carbocycles. The Morgan fingerprint density at radius 3 is 2.72 bits per heavy atom. The van der Waals surface area contributed by atoms with Gasteiger partial charge in [-0.05, 0) is 50.6 Å². The van der Waals surface area contributed by atoms with Crippen LogP contribution in [0.4, 0.5) is 0 Å². The van der Waals surface area contributed by atoms with Crippen LogP contribution < -0.4 is 5.32 Å². The molecule has 0 radical (unpaired) electrons. The number of hydrogen-bond acceptors (Lipinski definition) is 2. The number of nitrogens with one attached hydrogen (secondary N) is 1. The van der Waals surface area contributed by atoms with Crippen LogP contribution in [-0.2, 0) is 6.42 Å². The molecule has 96 valence electrons. The molecular formula is C15H21N3. The van der Waals surface area contributed by atoms with Gasteiger partial charge in [-0.15, -0.1) is 0 Å². The summed E-state index contributed by atoms with van der Waals surface area (Å²) < 4.78 is 1.95. The van der Waals surface area contributed by atoms with Crippen molar-refractivity contribution in [1.29, 1.82) is 0 Å². The van der Waals surface area contributed by atoms with Crippen LogP contribution in [0.2, 0.25) is 0 Å². The molecule has 0 bridgehead atoms. The number of aryl methyl sites for hydroxylation is 2. The average Bonchev–Trinajstić information content (AvgIpc) is 2.84. The Balaban J connectivity index is 1.95. The first kappa shape index (κ1) is 12.8. The summed E-state index contributed by atoms with van der Waals surface area (Å²) in [6.07, 6.45) is 6.33. The third-order valence-electron chi connectivity index (χ3n) is 3.00. The summed E-state index contributed by atoms with van der Waals surface area (Å²) in [4.78, 5) is 0. The van der Waals surface area contributed by atoms with E-state index in [1.807, 2.05) is 10.9 Å². The fraction of sp³-hybridized carbons (Fsp3) is 0.400. The summed E-state index contributed by atoms with van der Waals surface area (Å²) in [5.41, 5.74) is 3.70. The molecule has 0 amide bonds. The van der Waals surface area contributed by atoms with Gasteiger partial charge in [0.15, 0.2) is 0 Å². The van der Waals surface area contributed by atoms with Gasteiger partial charge in [0.1, 0.15) is 0 Å². The number of benzene rings is 1. The molecule has 3 heteroatoms. The Kier molecular flexibility index (Phi) is 4.53. The van der Waals surface area contributed by atoms with Crippen LogP contribution in [0.1, 0.15) is 24.5 Å². The van der Waals surface area contributed by atoms with Gasteiger partial charge in [-0.1, -0.05) is 24.6 Å². The topological polar surface area (TPSA) is 29.9 Å². The predicted molar refractivity (Wildman–Crippen MR) is 75.2 cm³/mol. The maximum absolute atomic E-state index is 4.41. The lowest BCUT2D eigenvalue weighted by Gasteiger charge is -2.01. The molecule has 1 aromatic heterocycles. The second-order valence-electron chi connectivity index (χ2n) is 4.59. The molecule has 1 aromatic carbocycles. The SMILES string of the molecule is CCNCCCc1cnn(-c2ccc(C)cc2)c1. The third kappa shape index (κ3) is 3.44. The molecule has 0 aliphatic rings. The molecule has 1 heterocycles. The van der Waals surface area contributed by atoms with Gasteiger partial charge in [-0.25, -0.2) is 4.68 Å². The second-order valence-corrected chi connectivity index (χ2v) is 4.59. The number of nitrogens with zero attached hydrogens (tertiary/aromatic N) is 2. The first-order valence-corrected chi connectivity index (χ1v) is 6.61. The number of rotatable bonds is 6. The Morgan fingerprint density at radius 1 is 1.22 bits per heavy atom. The summed E-state index contributed by atoms with van der Waals surface area (Å²) >= 11 is 0. The van der Waals surface area contributed by atoms with E-state index in [4.69, 9.17) is 0 Å². The van der Waals surface area contributed by atoms with Crippen molar-refractivity contribution < 1.29 is 0 Å². The molecule has 3 nitrogen and oxygen atoms in total. The quantitative estimate of drug-likeness (QED) is 0.791. The standard InChI is InChI=1S/C15H21N3/c1-3-16-10-4-5-14-11-17-18(12-14)15-8-6-13(2)7-9-15/h6-9,11-12,16H,3-5,10H2,1-2H3. The van der Waals surface area contributed by atoms with E-state index >= 15 is 0 Å². The minimum Gasteiger partial charge on any atom is -0.317 e. The molecule has 0 aliphatic carbocycles. The van der Waals surface area contributed by atoms with Gasteiger partial charge >= 0.3 is 0 Å². The van der Waals surface area contributed by atoms with E-state index in [1.165, 1.54) is 11.1 Å². The van der Waals surface area contributed by atoms with E-state index < -0.39 is 0 Å². The maximum Gasteiger partial charge on any atom is 0.0645 e. The lowest BCUT2D eigenvalue weighted by Crippen LogP contribution is -2.14. The van der Waals surface area contributed by atoms with Crippen LogP contribution in [-0.4, -0.2) is 22.9 Å². The van der Waals surface area contributed by atoms with E-state index in [-0.39, 0.29) is 0 Å². The Morgan fingerprint density at radius 2 is 2.00 bits per heavy atom. The maximum atomic E-state index is 4.41. The van der Waals surface area contributed by atoms with Gasteiger partial charge in [0, 0.05) is 6.20 Å². The highest BCUT2D eigenvalue weighted by Crippen LogP contribution is 2.10. The fourth-order valence-electron chi connectivity index (χ4n) is 1.92. The number of aromatic nitrogens is 2. The van der Waals surface area contributed by atoms with Gasteiger partial charge in [0.2, 0.25) is 0 Å². The number of hydrogen-bond donors (Lipinski definition) is 1. The first-order valence-electron chi connectivity index (χ1n) is 6.61. The molecule has 0 fully saturated rings. The van der Waals surface area contributed by atoms with Gasteiger partial charge < -0.3 is 5.32 Å². The van der Waals surface area contributed by atoms with E-state index in [1.54, 1.807) is 0 Å². The summed E-state index contributed by atoms with van der Waals surface area (Å²) in [5.74, 6) is 0. The smallest absolute Gasteiger partial charge is 0.0645 e. The van der Waals surface area contributed by atoms with Crippen LogP contribution >= 0.6 is 0 Å². The average molecular weight is 243 g/mol. The fourth-order valence-corrected chi connectivity index (χ4v) is 1.92. The Labute approximate surface area is 109 Å². The third-order valence-corrected chi connectivity index (χ3v) is 3.00. The van der Waals surface area contributed by atoms with Gasteiger partial charge in [0.05, 0.1) is 11.9 Å². The lowest BCUT2D eigenvalue weighted by atomic mass is 10.2. The van der Waals surface area contributed by atoms with Crippen LogP contribution in [0.3, 0.4) is 0 Å². The molecule has 2 aromatic rings. The van der Waals surface area contributed by atoms with Crippen LogP contribution in [0.5, 0.6) is 0 Å². The highest BCUT2D eigenvalue weighted by Gasteiger charge is 2.00. The van der Waals surface area contributed by atoms with E-state index in [2.05, 4.69) is 54.7 Å². The van der Waals surface area contributed by atoms with Gasteiger partial charge in [-0.2, -0.15) is 5.10 Å². The molecular weight excluding hydrogens is 222 g/mol. The Bertz CT molecular complexity index is 471. The van der Waals surface area contributed by atoms with E-state index in [9.17, 15) is 0 Å². The van der Waals surface area contributed by atoms with Gasteiger partial charge in [0.25, 0.3) is 0 Å². The molecule has 0 aliphatic heterocycles. The monoisotopic (exact) mass is 243 g/mol. The summed E-state index contributed by atoms with van der Waals surface area (Å²) in [7, 11) is 0. The van der Waals surface area contributed by atoms with Crippen molar-refractivity contribution in [3.05, 3.63) is 47.8 Å². The zero-order valence-corrected chi connectivity index (χ0v) is 11.2. The molecule has 0 atom stereocenters. The summed E-state index contributed by atoms with van der Waals surface area (Å²) in [5, 5.41) is 7.75. The highest BCUT2D eigenvalue weighted by molar-refractivity contribution is 5.33. The predicted octanol–water partition coefficient (Wildman–Crippen LogP) is 2.72. The minimum absolute atomic E-state index is 1.04. The van der Waals surface area contributed by atoms with Crippen molar-refractivity contribution in [1.82, 2.24) is 15.1 Å². The zero-order chi connectivity index (χ0) is 12.8.